The summed E-state index contributed by atoms with van der Waals surface area (Å²) in [7, 11) is 3.56. The van der Waals surface area contributed by atoms with Crippen molar-refractivity contribution in [3.8, 4) is 0 Å². The third-order valence-electron chi connectivity index (χ3n) is 14.9. The second-order valence-corrected chi connectivity index (χ2v) is 20.2. The molecule has 0 bridgehead atoms. The molecule has 1 spiro atoms. The summed E-state index contributed by atoms with van der Waals surface area (Å²) in [6.45, 7) is 18.2. The van der Waals surface area contributed by atoms with E-state index in [9.17, 15) is 13.6 Å². The van der Waals surface area contributed by atoms with Gasteiger partial charge in [-0.15, -0.1) is 0 Å². The normalized spacial score (nSPS) is 22.3. The molecule has 5 aliphatic rings. The van der Waals surface area contributed by atoms with Crippen LogP contribution in [0.4, 0.5) is 42.0 Å². The summed E-state index contributed by atoms with van der Waals surface area (Å²) < 4.78 is 47.8. The summed E-state index contributed by atoms with van der Waals surface area (Å²) in [5.41, 5.74) is 6.19. The van der Waals surface area contributed by atoms with Crippen molar-refractivity contribution in [1.82, 2.24) is 34.5 Å². The number of hydrogen-bond acceptors (Lipinski definition) is 10. The number of benzene rings is 2. The van der Waals surface area contributed by atoms with Crippen LogP contribution < -0.4 is 31.3 Å². The number of pyridine rings is 1. The van der Waals surface area contributed by atoms with Crippen molar-refractivity contribution in [2.45, 2.75) is 82.6 Å². The highest BCUT2D eigenvalue weighted by Crippen LogP contribution is 2.48. The van der Waals surface area contributed by atoms with Crippen LogP contribution in [-0.4, -0.2) is 86.5 Å². The molecule has 10 rings (SSSR count). The zero-order valence-corrected chi connectivity index (χ0v) is 37.9. The van der Waals surface area contributed by atoms with E-state index in [1.54, 1.807) is 0 Å². The van der Waals surface area contributed by atoms with Gasteiger partial charge in [0.25, 0.3) is 11.5 Å². The topological polar surface area (TPSA) is 111 Å². The standard InChI is InChI=1S/C48H57ClF3N11O/c1-28-7-9-32(29(2)55-28)42-33-10-8-31(19-40(33)60(6)58-42)61-17-18-63(46(3,4)25-61)23-30-11-14-47(15-12-30)26-62(27-47)45-53-22-36(49)43(57-45)56-38-20-35-39(21-37(38)50)59(5)44(64)34-13-16-48(51,52)24-54-41(34)35/h8,10,19-22,30,32,54-55H,1-2,7,9,11-18,23-27H2,3-6H3,(H,53,56,57). The smallest absolute Gasteiger partial charge is 0.265 e. The molecule has 1 saturated carbocycles. The summed E-state index contributed by atoms with van der Waals surface area (Å²) >= 11 is 6.57. The van der Waals surface area contributed by atoms with Crippen molar-refractivity contribution in [1.29, 1.82) is 0 Å². The third kappa shape index (κ3) is 7.65. The average molecular weight is 897 g/mol. The molecule has 338 valence electrons. The molecule has 12 nitrogen and oxygen atoms in total. The number of hydrogen-bond donors (Lipinski definition) is 3. The zero-order valence-electron chi connectivity index (χ0n) is 37.1. The molecule has 0 radical (unpaired) electrons. The molecule has 2 aromatic carbocycles. The Hall–Kier alpha value is -5.28. The number of aromatic nitrogens is 5. The zero-order chi connectivity index (χ0) is 44.9. The summed E-state index contributed by atoms with van der Waals surface area (Å²) in [4.78, 5) is 29.8. The minimum atomic E-state index is -2.98. The van der Waals surface area contributed by atoms with Gasteiger partial charge in [0.1, 0.15) is 10.8 Å². The van der Waals surface area contributed by atoms with E-state index in [4.69, 9.17) is 21.7 Å². The number of allylic oxidation sites excluding steroid dienone is 2. The first-order valence-electron chi connectivity index (χ1n) is 22.6. The van der Waals surface area contributed by atoms with Gasteiger partial charge in [0.05, 0.1) is 40.8 Å². The molecular weight excluding hydrogens is 839 g/mol. The minimum absolute atomic E-state index is 0.0142. The van der Waals surface area contributed by atoms with Gasteiger partial charge in [0.2, 0.25) is 5.95 Å². The Morgan fingerprint density at radius 3 is 2.48 bits per heavy atom. The fraction of sp³-hybridized carbons (Fsp3) is 0.500. The van der Waals surface area contributed by atoms with Gasteiger partial charge in [-0.3, -0.25) is 14.4 Å². The Morgan fingerprint density at radius 2 is 1.73 bits per heavy atom. The van der Waals surface area contributed by atoms with Crippen molar-refractivity contribution in [3.05, 3.63) is 93.5 Å². The van der Waals surface area contributed by atoms with Gasteiger partial charge in [-0.2, -0.15) is 10.1 Å². The molecule has 3 aromatic heterocycles. The Balaban J connectivity index is 0.757. The number of piperazine rings is 1. The van der Waals surface area contributed by atoms with Crippen molar-refractivity contribution >= 4 is 62.2 Å². The number of rotatable bonds is 7. The maximum absolute atomic E-state index is 15.7. The molecule has 64 heavy (non-hydrogen) atoms. The number of fused-ring (bicyclic) bond motifs is 4. The predicted octanol–water partition coefficient (Wildman–Crippen LogP) is 8.84. The van der Waals surface area contributed by atoms with Gasteiger partial charge >= 0.3 is 0 Å². The van der Waals surface area contributed by atoms with Gasteiger partial charge in [0, 0.05) is 116 Å². The highest BCUT2D eigenvalue weighted by atomic mass is 35.5. The monoisotopic (exact) mass is 895 g/mol. The fourth-order valence-corrected chi connectivity index (χ4v) is 11.3. The van der Waals surface area contributed by atoms with E-state index >= 15 is 4.39 Å². The van der Waals surface area contributed by atoms with Crippen molar-refractivity contribution in [3.63, 3.8) is 0 Å². The largest absolute Gasteiger partial charge is 0.378 e. The van der Waals surface area contributed by atoms with E-state index in [1.807, 2.05) is 11.7 Å². The molecule has 3 N–H and O–H groups in total. The SMILES string of the molecule is C=C1CCC(c2nn(C)c3cc(N4CCN(CC5CCC6(CC5)CN(c5ncc(Cl)c(Nc7cc8c9c(c(=O)n(C)c8cc7F)CCC(F)(F)CN9)n5)C6)C(C)(C)C4)ccc23)C(=C)N1. The van der Waals surface area contributed by atoms with Gasteiger partial charge in [0.15, 0.2) is 5.82 Å². The number of alkyl halides is 2. The molecule has 1 unspecified atom stereocenters. The summed E-state index contributed by atoms with van der Waals surface area (Å²) in [6, 6.07) is 9.58. The fourth-order valence-electron chi connectivity index (χ4n) is 11.1. The molecule has 0 amide bonds. The lowest BCUT2D eigenvalue weighted by Crippen LogP contribution is -2.61. The van der Waals surface area contributed by atoms with Crippen LogP contribution >= 0.6 is 11.6 Å². The van der Waals surface area contributed by atoms with Crippen LogP contribution in [0.5, 0.6) is 0 Å². The molecule has 4 fully saturated rings. The first-order valence-corrected chi connectivity index (χ1v) is 23.0. The van der Waals surface area contributed by atoms with E-state index < -0.39 is 30.3 Å². The molecule has 16 heteroatoms. The van der Waals surface area contributed by atoms with E-state index in [2.05, 4.69) is 80.8 Å². The first-order chi connectivity index (χ1) is 30.5. The number of piperidine rings is 1. The average Bonchev–Trinajstić information content (AvgIpc) is 3.47. The van der Waals surface area contributed by atoms with Crippen LogP contribution in [0.25, 0.3) is 21.8 Å². The number of aryl methyl sites for hydroxylation is 2. The maximum Gasteiger partial charge on any atom is 0.265 e. The Labute approximate surface area is 376 Å². The van der Waals surface area contributed by atoms with E-state index in [1.165, 1.54) is 53.9 Å². The van der Waals surface area contributed by atoms with Crippen LogP contribution in [0, 0.1) is 17.2 Å². The van der Waals surface area contributed by atoms with Crippen LogP contribution in [0.1, 0.15) is 76.0 Å². The maximum atomic E-state index is 15.7. The van der Waals surface area contributed by atoms with Crippen LogP contribution in [0.2, 0.25) is 5.02 Å². The number of anilines is 5. The second-order valence-electron chi connectivity index (χ2n) is 19.8. The van der Waals surface area contributed by atoms with Crippen molar-refractivity contribution < 1.29 is 13.2 Å². The molecular formula is C48H57ClF3N11O. The van der Waals surface area contributed by atoms with Gasteiger partial charge in [-0.25, -0.2) is 18.2 Å². The highest BCUT2D eigenvalue weighted by molar-refractivity contribution is 6.33. The van der Waals surface area contributed by atoms with Gasteiger partial charge in [-0.1, -0.05) is 24.8 Å². The van der Waals surface area contributed by atoms with Crippen LogP contribution in [0.3, 0.4) is 0 Å². The van der Waals surface area contributed by atoms with E-state index in [0.717, 1.165) is 87.6 Å². The molecule has 7 heterocycles. The third-order valence-corrected chi connectivity index (χ3v) is 15.2. The summed E-state index contributed by atoms with van der Waals surface area (Å²) in [6.07, 6.45) is 7.52. The number of halogens is 4. The quantitative estimate of drug-likeness (QED) is 0.147. The Bertz CT molecular complexity index is 2770. The number of nitrogens with one attached hydrogen (secondary N) is 3. The van der Waals surface area contributed by atoms with Crippen molar-refractivity contribution in [2.75, 3.05) is 66.2 Å². The molecule has 4 aliphatic heterocycles. The number of nitrogens with zero attached hydrogens (tertiary/aromatic N) is 8. The Kier molecular flexibility index (Phi) is 10.5. The van der Waals surface area contributed by atoms with Crippen molar-refractivity contribution in [2.24, 2.45) is 25.4 Å². The first kappa shape index (κ1) is 42.7. The predicted molar refractivity (Wildman–Crippen MR) is 250 cm³/mol. The van der Waals surface area contributed by atoms with Gasteiger partial charge < -0.3 is 30.3 Å². The van der Waals surface area contributed by atoms with Gasteiger partial charge in [-0.05, 0) is 89.0 Å². The molecule has 1 aliphatic carbocycles. The lowest BCUT2D eigenvalue weighted by Gasteiger charge is -2.54. The Morgan fingerprint density at radius 1 is 0.953 bits per heavy atom. The molecule has 5 aromatic rings. The summed E-state index contributed by atoms with van der Waals surface area (Å²) in [5, 5.41) is 16.0. The lowest BCUT2D eigenvalue weighted by molar-refractivity contribution is 0.00837. The lowest BCUT2D eigenvalue weighted by atomic mass is 9.66. The molecule has 1 atom stereocenters. The second kappa shape index (κ2) is 15.7. The summed E-state index contributed by atoms with van der Waals surface area (Å²) in [5.74, 6) is -2.04. The highest BCUT2D eigenvalue weighted by Gasteiger charge is 2.47. The van der Waals surface area contributed by atoms with E-state index in [0.29, 0.717) is 28.5 Å². The van der Waals surface area contributed by atoms with Crippen LogP contribution in [0.15, 0.2) is 65.9 Å². The van der Waals surface area contributed by atoms with E-state index in [-0.39, 0.29) is 45.4 Å². The van der Waals surface area contributed by atoms with Crippen LogP contribution in [-0.2, 0) is 20.5 Å². The molecule has 3 saturated heterocycles. The minimum Gasteiger partial charge on any atom is -0.378 e.